The third kappa shape index (κ3) is 7.12. The number of para-hydroxylation sites is 1. The van der Waals surface area contributed by atoms with E-state index in [-0.39, 0.29) is 10.3 Å². The molecule has 0 radical (unpaired) electrons. The first-order chi connectivity index (χ1) is 19.1. The van der Waals surface area contributed by atoms with E-state index in [9.17, 15) is 0 Å². The summed E-state index contributed by atoms with van der Waals surface area (Å²) in [6.45, 7) is 14.1. The zero-order chi connectivity index (χ0) is 28.9. The Kier molecular flexibility index (Phi) is 10.8. The van der Waals surface area contributed by atoms with Crippen LogP contribution in [0.4, 0.5) is 0 Å². The van der Waals surface area contributed by atoms with Crippen LogP contribution in [0.25, 0.3) is 33.9 Å². The topological polar surface area (TPSA) is 35.6 Å². The minimum atomic E-state index is -0.589. The summed E-state index contributed by atoms with van der Waals surface area (Å²) in [7, 11) is 0.0381. The average Bonchev–Trinajstić information content (AvgIpc) is 3.54. The van der Waals surface area contributed by atoms with Gasteiger partial charge in [-0.15, -0.1) is 0 Å². The molecule has 0 amide bonds. The van der Waals surface area contributed by atoms with Gasteiger partial charge in [-0.3, -0.25) is 0 Å². The molecule has 3 aromatic carbocycles. The molecule has 0 saturated carbocycles. The van der Waals surface area contributed by atoms with E-state index < -0.39 is 7.92 Å². The van der Waals surface area contributed by atoms with Gasteiger partial charge in [-0.1, -0.05) is 120 Å². The number of halogens is 2. The Morgan fingerprint density at radius 3 is 1.62 bits per heavy atom. The fraction of sp³-hybridized carbons (Fsp3) is 0.250. The predicted octanol–water partition coefficient (Wildman–Crippen LogP) is 9.87. The van der Waals surface area contributed by atoms with Crippen LogP contribution in [-0.4, -0.2) is 29.9 Å². The Morgan fingerprint density at radius 2 is 1.12 bits per heavy atom. The molecular weight excluding hydrogens is 776 g/mol. The van der Waals surface area contributed by atoms with Gasteiger partial charge in [0, 0.05) is 11.1 Å². The second kappa shape index (κ2) is 13.7. The van der Waals surface area contributed by atoms with Crippen LogP contribution in [-0.2, 0) is 9.47 Å². The molecule has 0 aliphatic heterocycles. The molecule has 0 spiro atoms. The van der Waals surface area contributed by atoms with Gasteiger partial charge >= 0.3 is 49.4 Å². The summed E-state index contributed by atoms with van der Waals surface area (Å²) in [6.07, 6.45) is 1.95. The fourth-order valence-corrected chi connectivity index (χ4v) is 9.29. The van der Waals surface area contributed by atoms with E-state index in [0.29, 0.717) is 9.47 Å². The molecule has 2 aromatic heterocycles. The second-order valence-corrected chi connectivity index (χ2v) is 27.0. The molecule has 0 aliphatic carbocycles. The van der Waals surface area contributed by atoms with E-state index in [1.807, 2.05) is 18.3 Å². The van der Waals surface area contributed by atoms with Gasteiger partial charge in [0.25, 0.3) is 0 Å². The standard InChI is InChI=1S/C32H35N4P.2HI.V/c1-31(2,3)37(32(4,5)6)27-22-23-33-36(27)30-28(24-16-10-7-11-17-24)34-35(26-20-14-9-15-21-26)29(30)25-18-12-8-13-19-25;;;/h7-23H,1-6H3;2*1H;/q;;;+2/p-2. The van der Waals surface area contributed by atoms with Gasteiger partial charge < -0.3 is 0 Å². The van der Waals surface area contributed by atoms with Gasteiger partial charge in [0.15, 0.2) is 0 Å². The molecule has 0 N–H and O–H groups in total. The van der Waals surface area contributed by atoms with Crippen LogP contribution in [0, 0.1) is 0 Å². The van der Waals surface area contributed by atoms with Crippen molar-refractivity contribution in [1.82, 2.24) is 19.6 Å². The fourth-order valence-electron chi connectivity index (χ4n) is 5.34. The van der Waals surface area contributed by atoms with E-state index in [4.69, 9.17) is 10.2 Å². The van der Waals surface area contributed by atoms with Crippen LogP contribution in [0.5, 0.6) is 0 Å². The molecule has 0 fully saturated rings. The first-order valence-electron chi connectivity index (χ1n) is 13.1. The average molecular weight is 811 g/mol. The molecule has 8 heteroatoms. The van der Waals surface area contributed by atoms with Gasteiger partial charge in [-0.25, -0.2) is 9.36 Å². The normalized spacial score (nSPS) is 11.7. The molecule has 2 heterocycles. The van der Waals surface area contributed by atoms with Crippen LogP contribution in [0.3, 0.4) is 0 Å². The van der Waals surface area contributed by atoms with Crippen molar-refractivity contribution in [2.24, 2.45) is 0 Å². The Labute approximate surface area is 269 Å². The van der Waals surface area contributed by atoms with Crippen LogP contribution in [0.1, 0.15) is 41.5 Å². The Morgan fingerprint density at radius 1 is 0.650 bits per heavy atom. The van der Waals surface area contributed by atoms with Gasteiger partial charge in [0.2, 0.25) is 0 Å². The molecule has 0 atom stereocenters. The third-order valence-electron chi connectivity index (χ3n) is 6.36. The zero-order valence-electron chi connectivity index (χ0n) is 23.8. The van der Waals surface area contributed by atoms with Gasteiger partial charge in [-0.2, -0.15) is 10.2 Å². The van der Waals surface area contributed by atoms with Crippen molar-refractivity contribution in [3.8, 4) is 33.9 Å². The molecule has 4 nitrogen and oxygen atoms in total. The quantitative estimate of drug-likeness (QED) is 0.131. The first kappa shape index (κ1) is 31.5. The zero-order valence-corrected chi connectivity index (χ0v) is 30.4. The molecular formula is C32H35I2N4PV. The van der Waals surface area contributed by atoms with Crippen molar-refractivity contribution in [1.29, 1.82) is 0 Å². The molecule has 5 aromatic rings. The van der Waals surface area contributed by atoms with E-state index in [1.165, 1.54) is 5.44 Å². The Hall–Kier alpha value is -1.45. The number of nitrogens with zero attached hydrogens (tertiary/aromatic N) is 4. The van der Waals surface area contributed by atoms with Crippen molar-refractivity contribution < 1.29 is 9.47 Å². The molecule has 40 heavy (non-hydrogen) atoms. The molecule has 0 unspecified atom stereocenters. The van der Waals surface area contributed by atoms with Crippen molar-refractivity contribution in [3.63, 3.8) is 0 Å². The summed E-state index contributed by atoms with van der Waals surface area (Å²) in [5.74, 6) is 0. The van der Waals surface area contributed by atoms with E-state index in [0.717, 1.165) is 33.9 Å². The summed E-state index contributed by atoms with van der Waals surface area (Å²) in [5.41, 5.74) is 7.43. The van der Waals surface area contributed by atoms with E-state index >= 15 is 0 Å². The number of hydrogen-bond acceptors (Lipinski definition) is 2. The van der Waals surface area contributed by atoms with Gasteiger partial charge in [-0.05, 0) is 36.4 Å². The molecule has 207 valence electrons. The van der Waals surface area contributed by atoms with Crippen LogP contribution < -0.4 is 5.44 Å². The van der Waals surface area contributed by atoms with Crippen LogP contribution in [0.15, 0.2) is 103 Å². The van der Waals surface area contributed by atoms with Crippen LogP contribution >= 0.6 is 47.9 Å². The van der Waals surface area contributed by atoms with E-state index in [1.54, 1.807) is 0 Å². The number of benzene rings is 3. The number of rotatable bonds is 5. The predicted molar refractivity (Wildman–Crippen MR) is 186 cm³/mol. The van der Waals surface area contributed by atoms with Crippen molar-refractivity contribution in [3.05, 3.63) is 103 Å². The molecule has 0 bridgehead atoms. The summed E-state index contributed by atoms with van der Waals surface area (Å²) in [4.78, 5) is 0. The third-order valence-corrected chi connectivity index (χ3v) is 9.84. The minimum absolute atomic E-state index is 0.0978. The van der Waals surface area contributed by atoms with Crippen molar-refractivity contribution in [2.75, 3.05) is 0 Å². The molecule has 0 aliphatic rings. The second-order valence-electron chi connectivity index (χ2n) is 11.4. The molecule has 0 saturated heterocycles. The Bertz CT molecular complexity index is 1490. The van der Waals surface area contributed by atoms with Crippen molar-refractivity contribution in [2.45, 2.75) is 51.9 Å². The van der Waals surface area contributed by atoms with Crippen molar-refractivity contribution >= 4 is 53.3 Å². The summed E-state index contributed by atoms with van der Waals surface area (Å²) in [6, 6.07) is 33.6. The number of aromatic nitrogens is 4. The maximum atomic E-state index is 5.27. The van der Waals surface area contributed by atoms with Crippen LogP contribution in [0.2, 0.25) is 0 Å². The van der Waals surface area contributed by atoms with E-state index in [2.05, 4.69) is 176 Å². The summed E-state index contributed by atoms with van der Waals surface area (Å²) < 4.78 is 4.26. The van der Waals surface area contributed by atoms with Gasteiger partial charge in [0.1, 0.15) is 17.1 Å². The first-order valence-corrected chi connectivity index (χ1v) is 23.5. The maximum absolute atomic E-state index is 5.27. The Balaban J connectivity index is 0.00000118. The summed E-state index contributed by atoms with van der Waals surface area (Å²) >= 11 is 4.74. The molecule has 5 rings (SSSR count). The monoisotopic (exact) mass is 811 g/mol. The van der Waals surface area contributed by atoms with Gasteiger partial charge in [0.05, 0.1) is 17.3 Å². The number of hydrogen-bond donors (Lipinski definition) is 0. The summed E-state index contributed by atoms with van der Waals surface area (Å²) in [5, 5.41) is 10.5. The SMILES string of the molecule is CC(C)(C)P(c1ccnn1-c1c(-c2ccccc2)nn(-c2ccccc2)c1-c1ccccc1)C(C)(C)C.[I][V][I].